The summed E-state index contributed by atoms with van der Waals surface area (Å²) in [4.78, 5) is 8.17. The lowest BCUT2D eigenvalue weighted by atomic mass is 10.4. The van der Waals surface area contributed by atoms with Gasteiger partial charge in [0.1, 0.15) is 5.52 Å². The third kappa shape index (κ3) is 1.16. The van der Waals surface area contributed by atoms with Gasteiger partial charge in [-0.2, -0.15) is 0 Å². The van der Waals surface area contributed by atoms with Crippen molar-refractivity contribution in [3.63, 3.8) is 0 Å². The molecule has 2 aromatic heterocycles. The molecule has 0 N–H and O–H groups in total. The minimum Gasteiger partial charge on any atom is -0.422 e. The Morgan fingerprint density at radius 2 is 2.42 bits per heavy atom. The van der Waals surface area contributed by atoms with Crippen molar-refractivity contribution in [1.29, 1.82) is 0 Å². The predicted molar refractivity (Wildman–Crippen MR) is 46.2 cm³/mol. The highest BCUT2D eigenvalue weighted by Crippen LogP contribution is 2.17. The standard InChI is InChI=1S/C8H7ClN2O/c1-2-7-11-6-3-5(9)4-10-8(6)12-7/h3-4H,2H2,1H3. The van der Waals surface area contributed by atoms with E-state index in [9.17, 15) is 0 Å². The van der Waals surface area contributed by atoms with E-state index in [-0.39, 0.29) is 0 Å². The Bertz CT molecular complexity index is 410. The average molecular weight is 183 g/mol. The summed E-state index contributed by atoms with van der Waals surface area (Å²) in [7, 11) is 0. The van der Waals surface area contributed by atoms with E-state index in [4.69, 9.17) is 16.0 Å². The van der Waals surface area contributed by atoms with Crippen LogP contribution < -0.4 is 0 Å². The van der Waals surface area contributed by atoms with E-state index in [1.165, 1.54) is 0 Å². The summed E-state index contributed by atoms with van der Waals surface area (Å²) in [5.74, 6) is 0.694. The van der Waals surface area contributed by atoms with Crippen LogP contribution in [0.4, 0.5) is 0 Å². The first-order chi connectivity index (χ1) is 5.79. The van der Waals surface area contributed by atoms with Crippen LogP contribution >= 0.6 is 11.6 Å². The lowest BCUT2D eigenvalue weighted by Crippen LogP contribution is -1.75. The van der Waals surface area contributed by atoms with Crippen LogP contribution in [-0.2, 0) is 6.42 Å². The maximum atomic E-state index is 5.73. The Morgan fingerprint density at radius 1 is 1.58 bits per heavy atom. The molecule has 0 bridgehead atoms. The molecule has 0 saturated carbocycles. The SMILES string of the molecule is CCc1nc2cc(Cl)cnc2o1. The van der Waals surface area contributed by atoms with Crippen molar-refractivity contribution in [2.45, 2.75) is 13.3 Å². The number of hydrogen-bond donors (Lipinski definition) is 0. The van der Waals surface area contributed by atoms with E-state index in [0.29, 0.717) is 16.6 Å². The molecule has 4 heteroatoms. The predicted octanol–water partition coefficient (Wildman–Crippen LogP) is 2.44. The van der Waals surface area contributed by atoms with Crippen LogP contribution in [0.1, 0.15) is 12.8 Å². The number of oxazole rings is 1. The van der Waals surface area contributed by atoms with E-state index in [1.54, 1.807) is 12.3 Å². The van der Waals surface area contributed by atoms with Crippen molar-refractivity contribution >= 4 is 22.8 Å². The highest BCUT2D eigenvalue weighted by atomic mass is 35.5. The summed E-state index contributed by atoms with van der Waals surface area (Å²) in [6, 6.07) is 1.74. The van der Waals surface area contributed by atoms with Crippen LogP contribution in [0.3, 0.4) is 0 Å². The zero-order valence-electron chi connectivity index (χ0n) is 6.54. The molecular weight excluding hydrogens is 176 g/mol. The van der Waals surface area contributed by atoms with Gasteiger partial charge >= 0.3 is 0 Å². The summed E-state index contributed by atoms with van der Waals surface area (Å²) >= 11 is 5.73. The number of rotatable bonds is 1. The molecule has 0 saturated heterocycles. The molecule has 2 rings (SSSR count). The normalized spacial score (nSPS) is 10.8. The van der Waals surface area contributed by atoms with Gasteiger partial charge < -0.3 is 4.42 Å². The molecule has 0 aliphatic heterocycles. The molecule has 3 nitrogen and oxygen atoms in total. The van der Waals surface area contributed by atoms with Crippen molar-refractivity contribution in [1.82, 2.24) is 9.97 Å². The van der Waals surface area contributed by atoms with Gasteiger partial charge in [0.25, 0.3) is 0 Å². The van der Waals surface area contributed by atoms with Gasteiger partial charge in [0.2, 0.25) is 5.71 Å². The van der Waals surface area contributed by atoms with Crippen LogP contribution in [0.5, 0.6) is 0 Å². The van der Waals surface area contributed by atoms with Gasteiger partial charge in [0.05, 0.1) is 5.02 Å². The first-order valence-corrected chi connectivity index (χ1v) is 4.08. The fourth-order valence-electron chi connectivity index (χ4n) is 0.995. The molecule has 0 amide bonds. The monoisotopic (exact) mass is 182 g/mol. The first-order valence-electron chi connectivity index (χ1n) is 3.70. The van der Waals surface area contributed by atoms with Crippen molar-refractivity contribution in [3.05, 3.63) is 23.2 Å². The van der Waals surface area contributed by atoms with Crippen molar-refractivity contribution in [2.75, 3.05) is 0 Å². The molecule has 0 atom stereocenters. The second-order valence-electron chi connectivity index (χ2n) is 2.44. The zero-order chi connectivity index (χ0) is 8.55. The maximum absolute atomic E-state index is 5.73. The summed E-state index contributed by atoms with van der Waals surface area (Å²) in [5.41, 5.74) is 1.27. The van der Waals surface area contributed by atoms with E-state index in [1.807, 2.05) is 6.92 Å². The number of fused-ring (bicyclic) bond motifs is 1. The fourth-order valence-corrected chi connectivity index (χ4v) is 1.15. The summed E-state index contributed by atoms with van der Waals surface area (Å²) in [5, 5.41) is 0.582. The Labute approximate surface area is 74.4 Å². The number of aromatic nitrogens is 2. The zero-order valence-corrected chi connectivity index (χ0v) is 7.30. The molecule has 0 aliphatic carbocycles. The summed E-state index contributed by atoms with van der Waals surface area (Å²) < 4.78 is 5.29. The first kappa shape index (κ1) is 7.55. The number of hydrogen-bond acceptors (Lipinski definition) is 3. The lowest BCUT2D eigenvalue weighted by Gasteiger charge is -1.84. The topological polar surface area (TPSA) is 38.9 Å². The van der Waals surface area contributed by atoms with Crippen molar-refractivity contribution in [3.8, 4) is 0 Å². The van der Waals surface area contributed by atoms with Crippen LogP contribution in [0, 0.1) is 0 Å². The van der Waals surface area contributed by atoms with Gasteiger partial charge in [-0.1, -0.05) is 18.5 Å². The lowest BCUT2D eigenvalue weighted by molar-refractivity contribution is 0.529. The van der Waals surface area contributed by atoms with E-state index < -0.39 is 0 Å². The second-order valence-corrected chi connectivity index (χ2v) is 2.88. The Kier molecular flexibility index (Phi) is 1.73. The van der Waals surface area contributed by atoms with Crippen LogP contribution in [0.15, 0.2) is 16.7 Å². The van der Waals surface area contributed by atoms with E-state index in [2.05, 4.69) is 9.97 Å². The van der Waals surface area contributed by atoms with E-state index in [0.717, 1.165) is 11.9 Å². The number of halogens is 1. The molecule has 2 aromatic rings. The quantitative estimate of drug-likeness (QED) is 0.680. The number of pyridine rings is 1. The number of aryl methyl sites for hydroxylation is 1. The molecule has 0 fully saturated rings. The maximum Gasteiger partial charge on any atom is 0.247 e. The minimum absolute atomic E-state index is 0.552. The van der Waals surface area contributed by atoms with E-state index >= 15 is 0 Å². The molecule has 62 valence electrons. The van der Waals surface area contributed by atoms with Gasteiger partial charge in [-0.15, -0.1) is 0 Å². The largest absolute Gasteiger partial charge is 0.422 e. The number of nitrogens with zero attached hydrogens (tertiary/aromatic N) is 2. The average Bonchev–Trinajstić information content (AvgIpc) is 2.46. The summed E-state index contributed by atoms with van der Waals surface area (Å²) in [6.45, 7) is 1.98. The molecular formula is C8H7ClN2O. The Balaban J connectivity index is 2.67. The van der Waals surface area contributed by atoms with Gasteiger partial charge in [-0.05, 0) is 6.07 Å². The third-order valence-electron chi connectivity index (χ3n) is 1.56. The third-order valence-corrected chi connectivity index (χ3v) is 1.77. The molecule has 2 heterocycles. The van der Waals surface area contributed by atoms with Gasteiger partial charge in [0.15, 0.2) is 5.89 Å². The van der Waals surface area contributed by atoms with Gasteiger partial charge in [0, 0.05) is 12.6 Å². The van der Waals surface area contributed by atoms with Crippen LogP contribution in [-0.4, -0.2) is 9.97 Å². The molecule has 0 radical (unpaired) electrons. The Morgan fingerprint density at radius 3 is 3.17 bits per heavy atom. The smallest absolute Gasteiger partial charge is 0.247 e. The summed E-state index contributed by atoms with van der Waals surface area (Å²) in [6.07, 6.45) is 2.32. The van der Waals surface area contributed by atoms with Crippen molar-refractivity contribution in [2.24, 2.45) is 0 Å². The van der Waals surface area contributed by atoms with Crippen molar-refractivity contribution < 1.29 is 4.42 Å². The van der Waals surface area contributed by atoms with Gasteiger partial charge in [-0.3, -0.25) is 0 Å². The van der Waals surface area contributed by atoms with Crippen LogP contribution in [0.25, 0.3) is 11.2 Å². The molecule has 12 heavy (non-hydrogen) atoms. The molecule has 0 spiro atoms. The van der Waals surface area contributed by atoms with Gasteiger partial charge in [-0.25, -0.2) is 9.97 Å². The molecule has 0 unspecified atom stereocenters. The molecule has 0 aliphatic rings. The highest BCUT2D eigenvalue weighted by molar-refractivity contribution is 6.30. The Hall–Kier alpha value is -1.09. The highest BCUT2D eigenvalue weighted by Gasteiger charge is 2.04. The van der Waals surface area contributed by atoms with Crippen LogP contribution in [0.2, 0.25) is 5.02 Å². The fraction of sp³-hybridized carbons (Fsp3) is 0.250. The second kappa shape index (κ2) is 2.75. The molecule has 0 aromatic carbocycles. The minimum atomic E-state index is 0.552.